The summed E-state index contributed by atoms with van der Waals surface area (Å²) in [5, 5.41) is 2.87. The van der Waals surface area contributed by atoms with Crippen molar-refractivity contribution in [1.82, 2.24) is 0 Å². The van der Waals surface area contributed by atoms with Gasteiger partial charge in [-0.2, -0.15) is 0 Å². The quantitative estimate of drug-likeness (QED) is 0.847. The molecule has 1 heterocycles. The van der Waals surface area contributed by atoms with Crippen molar-refractivity contribution < 1.29 is 4.79 Å². The van der Waals surface area contributed by atoms with Crippen LogP contribution in [0.15, 0.2) is 27.7 Å². The van der Waals surface area contributed by atoms with Crippen molar-refractivity contribution >= 4 is 33.2 Å². The topological polar surface area (TPSA) is 41.5 Å². The Morgan fingerprint density at radius 1 is 1.22 bits per heavy atom. The van der Waals surface area contributed by atoms with Gasteiger partial charge < -0.3 is 5.32 Å². The maximum absolute atomic E-state index is 12.0. The van der Waals surface area contributed by atoms with Gasteiger partial charge in [0, 0.05) is 10.0 Å². The molecular formula is C14H15BrN2O. The normalized spacial score (nSPS) is 22.1. The van der Waals surface area contributed by atoms with Gasteiger partial charge in [0.1, 0.15) is 5.71 Å². The van der Waals surface area contributed by atoms with Gasteiger partial charge in [-0.1, -0.05) is 35.2 Å². The zero-order chi connectivity index (χ0) is 12.5. The number of hydrogen-bond acceptors (Lipinski definition) is 2. The number of rotatable bonds is 1. The number of carbonyl (C=O) groups excluding carboxylic acids is 1. The fraction of sp³-hybridized carbons (Fsp3) is 0.429. The molecule has 1 saturated carbocycles. The SMILES string of the molecule is O=C1Nc2ccc(Br)cc2C1=NC1CCCCC1. The monoisotopic (exact) mass is 306 g/mol. The molecule has 0 unspecified atom stereocenters. The predicted molar refractivity (Wildman–Crippen MR) is 76.2 cm³/mol. The minimum absolute atomic E-state index is 0.0614. The summed E-state index contributed by atoms with van der Waals surface area (Å²) in [6, 6.07) is 6.14. The summed E-state index contributed by atoms with van der Waals surface area (Å²) in [6.07, 6.45) is 5.98. The smallest absolute Gasteiger partial charge is 0.274 e. The predicted octanol–water partition coefficient (Wildman–Crippen LogP) is 3.52. The van der Waals surface area contributed by atoms with Gasteiger partial charge in [0.25, 0.3) is 5.91 Å². The van der Waals surface area contributed by atoms with Gasteiger partial charge in [0.05, 0.1) is 11.7 Å². The minimum atomic E-state index is -0.0614. The lowest BCUT2D eigenvalue weighted by molar-refractivity contribution is -0.110. The largest absolute Gasteiger partial charge is 0.320 e. The Morgan fingerprint density at radius 2 is 2.00 bits per heavy atom. The van der Waals surface area contributed by atoms with Crippen molar-refractivity contribution in [1.29, 1.82) is 0 Å². The summed E-state index contributed by atoms with van der Waals surface area (Å²) < 4.78 is 0.981. The molecule has 3 nitrogen and oxygen atoms in total. The molecule has 0 spiro atoms. The van der Waals surface area contributed by atoms with Gasteiger partial charge in [0.15, 0.2) is 0 Å². The molecule has 18 heavy (non-hydrogen) atoms. The average Bonchev–Trinajstić information content (AvgIpc) is 2.67. The highest BCUT2D eigenvalue weighted by Crippen LogP contribution is 2.29. The van der Waals surface area contributed by atoms with E-state index in [-0.39, 0.29) is 5.91 Å². The van der Waals surface area contributed by atoms with Crippen LogP contribution >= 0.6 is 15.9 Å². The van der Waals surface area contributed by atoms with E-state index in [4.69, 9.17) is 0 Å². The van der Waals surface area contributed by atoms with Crippen LogP contribution in [0.1, 0.15) is 37.7 Å². The van der Waals surface area contributed by atoms with Crippen LogP contribution in [0, 0.1) is 0 Å². The third-order valence-corrected chi connectivity index (χ3v) is 4.08. The summed E-state index contributed by atoms with van der Waals surface area (Å²) in [6.45, 7) is 0. The van der Waals surface area contributed by atoms with E-state index in [0.717, 1.165) is 28.6 Å². The molecule has 1 aliphatic heterocycles. The first kappa shape index (κ1) is 11.9. The van der Waals surface area contributed by atoms with E-state index >= 15 is 0 Å². The van der Waals surface area contributed by atoms with E-state index in [2.05, 4.69) is 26.2 Å². The Bertz CT molecular complexity index is 519. The van der Waals surface area contributed by atoms with Gasteiger partial charge in [-0.15, -0.1) is 0 Å². The van der Waals surface area contributed by atoms with E-state index in [9.17, 15) is 4.79 Å². The third kappa shape index (κ3) is 2.21. The second-order valence-corrected chi connectivity index (χ2v) is 5.83. The minimum Gasteiger partial charge on any atom is -0.320 e. The lowest BCUT2D eigenvalue weighted by atomic mass is 9.95. The number of benzene rings is 1. The molecule has 0 atom stereocenters. The molecule has 94 valence electrons. The Labute approximate surface area is 115 Å². The van der Waals surface area contributed by atoms with Crippen molar-refractivity contribution in [3.63, 3.8) is 0 Å². The number of anilines is 1. The van der Waals surface area contributed by atoms with Crippen LogP contribution < -0.4 is 5.32 Å². The fourth-order valence-corrected chi connectivity index (χ4v) is 3.01. The molecule has 4 heteroatoms. The second-order valence-electron chi connectivity index (χ2n) is 4.91. The summed E-state index contributed by atoms with van der Waals surface area (Å²) in [5.41, 5.74) is 2.41. The molecule has 0 bridgehead atoms. The van der Waals surface area contributed by atoms with E-state index in [0.29, 0.717) is 11.8 Å². The number of carbonyl (C=O) groups is 1. The Hall–Kier alpha value is -1.16. The molecule has 0 saturated heterocycles. The van der Waals surface area contributed by atoms with Crippen LogP contribution in [0.4, 0.5) is 5.69 Å². The molecule has 1 fully saturated rings. The molecule has 3 rings (SSSR count). The molecular weight excluding hydrogens is 292 g/mol. The van der Waals surface area contributed by atoms with Gasteiger partial charge >= 0.3 is 0 Å². The zero-order valence-corrected chi connectivity index (χ0v) is 11.7. The molecule has 0 radical (unpaired) electrons. The Balaban J connectivity index is 1.95. The standard InChI is InChI=1S/C14H15BrN2O/c15-9-6-7-12-11(8-9)13(14(18)17-12)16-10-4-2-1-3-5-10/h6-8,10H,1-5H2,(H,16,17,18). The summed E-state index contributed by atoms with van der Waals surface area (Å²) in [5.74, 6) is -0.0614. The zero-order valence-electron chi connectivity index (χ0n) is 10.1. The molecule has 0 aromatic heterocycles. The van der Waals surface area contributed by atoms with Crippen LogP contribution in [0.3, 0.4) is 0 Å². The summed E-state index contributed by atoms with van der Waals surface area (Å²) >= 11 is 3.44. The molecule has 1 aromatic carbocycles. The van der Waals surface area contributed by atoms with E-state index in [1.165, 1.54) is 19.3 Å². The number of fused-ring (bicyclic) bond motifs is 1. The Morgan fingerprint density at radius 3 is 2.78 bits per heavy atom. The number of amides is 1. The van der Waals surface area contributed by atoms with Crippen LogP contribution in [-0.2, 0) is 4.79 Å². The van der Waals surface area contributed by atoms with Gasteiger partial charge in [-0.05, 0) is 31.0 Å². The molecule has 1 amide bonds. The molecule has 2 aliphatic rings. The van der Waals surface area contributed by atoms with Crippen LogP contribution in [0.5, 0.6) is 0 Å². The fourth-order valence-electron chi connectivity index (χ4n) is 2.65. The first-order valence-corrected chi connectivity index (χ1v) is 7.22. The molecule has 1 N–H and O–H groups in total. The van der Waals surface area contributed by atoms with Crippen molar-refractivity contribution in [2.24, 2.45) is 4.99 Å². The third-order valence-electron chi connectivity index (χ3n) is 3.59. The van der Waals surface area contributed by atoms with Crippen LogP contribution in [-0.4, -0.2) is 17.7 Å². The van der Waals surface area contributed by atoms with Crippen molar-refractivity contribution in [3.8, 4) is 0 Å². The van der Waals surface area contributed by atoms with Gasteiger partial charge in [-0.25, -0.2) is 0 Å². The number of hydrogen-bond donors (Lipinski definition) is 1. The van der Waals surface area contributed by atoms with Crippen LogP contribution in [0.25, 0.3) is 0 Å². The highest BCUT2D eigenvalue weighted by atomic mass is 79.9. The maximum Gasteiger partial charge on any atom is 0.274 e. The number of nitrogens with one attached hydrogen (secondary N) is 1. The lowest BCUT2D eigenvalue weighted by Gasteiger charge is -2.17. The number of halogens is 1. The summed E-state index contributed by atoms with van der Waals surface area (Å²) in [7, 11) is 0. The number of aliphatic imine (C=N–C) groups is 1. The maximum atomic E-state index is 12.0. The van der Waals surface area contributed by atoms with Gasteiger partial charge in [-0.3, -0.25) is 9.79 Å². The first-order chi connectivity index (χ1) is 8.74. The van der Waals surface area contributed by atoms with Crippen molar-refractivity contribution in [2.75, 3.05) is 5.32 Å². The van der Waals surface area contributed by atoms with E-state index in [1.807, 2.05) is 18.2 Å². The second kappa shape index (κ2) is 4.84. The molecule has 1 aliphatic carbocycles. The van der Waals surface area contributed by atoms with Crippen molar-refractivity contribution in [3.05, 3.63) is 28.2 Å². The summed E-state index contributed by atoms with van der Waals surface area (Å²) in [4.78, 5) is 16.6. The van der Waals surface area contributed by atoms with Gasteiger partial charge in [0.2, 0.25) is 0 Å². The molecule has 1 aromatic rings. The first-order valence-electron chi connectivity index (χ1n) is 6.43. The van der Waals surface area contributed by atoms with E-state index < -0.39 is 0 Å². The van der Waals surface area contributed by atoms with Crippen molar-refractivity contribution in [2.45, 2.75) is 38.1 Å². The average molecular weight is 307 g/mol. The van der Waals surface area contributed by atoms with Crippen LogP contribution in [0.2, 0.25) is 0 Å². The number of nitrogens with zero attached hydrogens (tertiary/aromatic N) is 1. The van der Waals surface area contributed by atoms with E-state index in [1.54, 1.807) is 0 Å². The highest BCUT2D eigenvalue weighted by Gasteiger charge is 2.27. The highest BCUT2D eigenvalue weighted by molar-refractivity contribution is 9.10. The Kier molecular flexibility index (Phi) is 3.20. The lowest BCUT2D eigenvalue weighted by Crippen LogP contribution is -2.19.